The van der Waals surface area contributed by atoms with Crippen molar-refractivity contribution in [1.82, 2.24) is 4.90 Å². The van der Waals surface area contributed by atoms with E-state index in [1.165, 1.54) is 4.90 Å². The molecule has 1 amide bonds. The number of amides is 1. The highest BCUT2D eigenvalue weighted by Gasteiger charge is 2.19. The number of benzene rings is 1. The molecule has 1 atom stereocenters. The van der Waals surface area contributed by atoms with Gasteiger partial charge >= 0.3 is 0 Å². The monoisotopic (exact) mass is 236 g/mol. The first-order valence-electron chi connectivity index (χ1n) is 5.01. The first-order valence-corrected chi connectivity index (χ1v) is 5.38. The van der Waals surface area contributed by atoms with Gasteiger partial charge in [0.05, 0.1) is 6.07 Å². The van der Waals surface area contributed by atoms with Crippen molar-refractivity contribution in [3.05, 3.63) is 34.9 Å². The van der Waals surface area contributed by atoms with Crippen molar-refractivity contribution in [2.24, 2.45) is 0 Å². The van der Waals surface area contributed by atoms with E-state index in [1.807, 2.05) is 0 Å². The predicted octanol–water partition coefficient (Wildman–Crippen LogP) is 2.77. The molecule has 1 aromatic rings. The van der Waals surface area contributed by atoms with Crippen molar-refractivity contribution in [3.63, 3.8) is 0 Å². The molecular formula is C12H13ClN2O. The molecule has 0 saturated heterocycles. The van der Waals surface area contributed by atoms with Crippen LogP contribution in [0.5, 0.6) is 0 Å². The second kappa shape index (κ2) is 5.53. The zero-order valence-corrected chi connectivity index (χ0v) is 10.0. The fourth-order valence-electron chi connectivity index (χ4n) is 1.45. The van der Waals surface area contributed by atoms with E-state index < -0.39 is 6.04 Å². The summed E-state index contributed by atoms with van der Waals surface area (Å²) in [7, 11) is 1.63. The number of carbonyl (C=O) groups excluding carboxylic acids is 1. The van der Waals surface area contributed by atoms with Gasteiger partial charge in [0.1, 0.15) is 6.04 Å². The van der Waals surface area contributed by atoms with E-state index >= 15 is 0 Å². The van der Waals surface area contributed by atoms with E-state index in [4.69, 9.17) is 16.9 Å². The Balaban J connectivity index is 3.00. The lowest BCUT2D eigenvalue weighted by Crippen LogP contribution is -2.29. The molecule has 0 aromatic heterocycles. The Labute approximate surface area is 100 Å². The van der Waals surface area contributed by atoms with Crippen LogP contribution in [0, 0.1) is 11.3 Å². The summed E-state index contributed by atoms with van der Waals surface area (Å²) in [4.78, 5) is 12.9. The summed E-state index contributed by atoms with van der Waals surface area (Å²) in [5.41, 5.74) is 0.735. The second-order valence-electron chi connectivity index (χ2n) is 3.44. The molecule has 0 N–H and O–H groups in total. The van der Waals surface area contributed by atoms with Crippen LogP contribution < -0.4 is 0 Å². The minimum absolute atomic E-state index is 0.0634. The maximum atomic E-state index is 11.5. The lowest BCUT2D eigenvalue weighted by molar-refractivity contribution is -0.130. The minimum Gasteiger partial charge on any atom is -0.326 e. The van der Waals surface area contributed by atoms with Crippen molar-refractivity contribution in [1.29, 1.82) is 5.26 Å². The molecule has 84 valence electrons. The number of nitriles is 1. The Morgan fingerprint density at radius 2 is 2.31 bits per heavy atom. The van der Waals surface area contributed by atoms with Crippen LogP contribution in [0.2, 0.25) is 5.02 Å². The van der Waals surface area contributed by atoms with Gasteiger partial charge in [-0.3, -0.25) is 4.79 Å². The van der Waals surface area contributed by atoms with Crippen LogP contribution >= 0.6 is 11.6 Å². The normalized spacial score (nSPS) is 11.6. The lowest BCUT2D eigenvalue weighted by Gasteiger charge is -2.22. The molecule has 0 saturated carbocycles. The summed E-state index contributed by atoms with van der Waals surface area (Å²) in [5, 5.41) is 9.66. The van der Waals surface area contributed by atoms with Gasteiger partial charge < -0.3 is 4.90 Å². The molecule has 0 bridgehead atoms. The Hall–Kier alpha value is -1.53. The fourth-order valence-corrected chi connectivity index (χ4v) is 1.65. The Kier molecular flexibility index (Phi) is 4.33. The van der Waals surface area contributed by atoms with Crippen LogP contribution in [0.1, 0.15) is 24.9 Å². The Morgan fingerprint density at radius 3 is 2.81 bits per heavy atom. The molecule has 3 nitrogen and oxygen atoms in total. The molecule has 0 heterocycles. The molecule has 1 aromatic carbocycles. The van der Waals surface area contributed by atoms with Crippen molar-refractivity contribution in [2.75, 3.05) is 7.05 Å². The number of hydrogen-bond acceptors (Lipinski definition) is 2. The third kappa shape index (κ3) is 2.74. The summed E-state index contributed by atoms with van der Waals surface area (Å²) in [6.07, 6.45) is 0.384. The van der Waals surface area contributed by atoms with Gasteiger partial charge in [-0.15, -0.1) is 0 Å². The quantitative estimate of drug-likeness (QED) is 0.810. The van der Waals surface area contributed by atoms with E-state index in [-0.39, 0.29) is 5.91 Å². The Bertz CT molecular complexity index is 425. The number of hydrogen-bond donors (Lipinski definition) is 0. The van der Waals surface area contributed by atoms with E-state index in [1.54, 1.807) is 38.2 Å². The molecule has 0 aliphatic rings. The number of nitrogens with zero attached hydrogens (tertiary/aromatic N) is 2. The number of halogens is 1. The molecule has 0 aliphatic carbocycles. The highest BCUT2D eigenvalue weighted by atomic mass is 35.5. The van der Waals surface area contributed by atoms with Crippen molar-refractivity contribution in [2.45, 2.75) is 19.4 Å². The molecule has 4 heteroatoms. The molecule has 0 radical (unpaired) electrons. The predicted molar refractivity (Wildman–Crippen MR) is 62.9 cm³/mol. The van der Waals surface area contributed by atoms with Gasteiger partial charge in [-0.05, 0) is 17.7 Å². The SMILES string of the molecule is CCC(=O)N(C)C(C#N)c1cccc(Cl)c1. The van der Waals surface area contributed by atoms with E-state index in [0.717, 1.165) is 5.56 Å². The summed E-state index contributed by atoms with van der Waals surface area (Å²) < 4.78 is 0. The third-order valence-electron chi connectivity index (χ3n) is 2.37. The van der Waals surface area contributed by atoms with Gasteiger partial charge in [0.15, 0.2) is 0 Å². The molecule has 0 fully saturated rings. The summed E-state index contributed by atoms with van der Waals surface area (Å²) in [6.45, 7) is 1.77. The van der Waals surface area contributed by atoms with Gasteiger partial charge in [-0.2, -0.15) is 5.26 Å². The van der Waals surface area contributed by atoms with E-state index in [2.05, 4.69) is 6.07 Å². The molecule has 1 unspecified atom stereocenters. The summed E-state index contributed by atoms with van der Waals surface area (Å²) >= 11 is 5.85. The van der Waals surface area contributed by atoms with Crippen LogP contribution in [-0.4, -0.2) is 17.9 Å². The van der Waals surface area contributed by atoms with Crippen LogP contribution in [-0.2, 0) is 4.79 Å². The van der Waals surface area contributed by atoms with Crippen LogP contribution in [0.25, 0.3) is 0 Å². The molecular weight excluding hydrogens is 224 g/mol. The molecule has 0 spiro atoms. The molecule has 0 aliphatic heterocycles. The van der Waals surface area contributed by atoms with Gasteiger partial charge in [0, 0.05) is 18.5 Å². The maximum Gasteiger partial charge on any atom is 0.223 e. The fraction of sp³-hybridized carbons (Fsp3) is 0.333. The highest BCUT2D eigenvalue weighted by Crippen LogP contribution is 2.22. The number of rotatable bonds is 3. The van der Waals surface area contributed by atoms with Crippen molar-refractivity contribution in [3.8, 4) is 6.07 Å². The summed E-state index contributed by atoms with van der Waals surface area (Å²) in [5.74, 6) is -0.0634. The maximum absolute atomic E-state index is 11.5. The largest absolute Gasteiger partial charge is 0.326 e. The standard InChI is InChI=1S/C12H13ClN2O/c1-3-12(16)15(2)11(8-14)9-5-4-6-10(13)7-9/h4-7,11H,3H2,1-2H3. The highest BCUT2D eigenvalue weighted by molar-refractivity contribution is 6.30. The van der Waals surface area contributed by atoms with Gasteiger partial charge in [0.25, 0.3) is 0 Å². The molecule has 1 rings (SSSR count). The summed E-state index contributed by atoms with van der Waals surface area (Å²) in [6, 6.07) is 8.53. The first kappa shape index (κ1) is 12.5. The van der Waals surface area contributed by atoms with Crippen molar-refractivity contribution >= 4 is 17.5 Å². The first-order chi connectivity index (χ1) is 7.60. The van der Waals surface area contributed by atoms with Gasteiger partial charge in [0.2, 0.25) is 5.91 Å². The zero-order chi connectivity index (χ0) is 12.1. The van der Waals surface area contributed by atoms with Crippen LogP contribution in [0.15, 0.2) is 24.3 Å². The zero-order valence-electron chi connectivity index (χ0n) is 9.27. The van der Waals surface area contributed by atoms with E-state index in [9.17, 15) is 4.79 Å². The van der Waals surface area contributed by atoms with Crippen LogP contribution in [0.3, 0.4) is 0 Å². The third-order valence-corrected chi connectivity index (χ3v) is 2.60. The van der Waals surface area contributed by atoms with Gasteiger partial charge in [-0.1, -0.05) is 30.7 Å². The average Bonchev–Trinajstić information content (AvgIpc) is 2.29. The lowest BCUT2D eigenvalue weighted by atomic mass is 10.1. The molecule has 16 heavy (non-hydrogen) atoms. The van der Waals surface area contributed by atoms with Crippen LogP contribution in [0.4, 0.5) is 0 Å². The smallest absolute Gasteiger partial charge is 0.223 e. The second-order valence-corrected chi connectivity index (χ2v) is 3.88. The average molecular weight is 237 g/mol. The topological polar surface area (TPSA) is 44.1 Å². The van der Waals surface area contributed by atoms with E-state index in [0.29, 0.717) is 11.4 Å². The number of carbonyl (C=O) groups is 1. The van der Waals surface area contributed by atoms with Gasteiger partial charge in [-0.25, -0.2) is 0 Å². The van der Waals surface area contributed by atoms with Crippen molar-refractivity contribution < 1.29 is 4.79 Å². The Morgan fingerprint density at radius 1 is 1.62 bits per heavy atom. The minimum atomic E-state index is -0.578.